The van der Waals surface area contributed by atoms with Gasteiger partial charge in [-0.25, -0.2) is 4.99 Å². The van der Waals surface area contributed by atoms with Crippen molar-refractivity contribution in [3.63, 3.8) is 0 Å². The van der Waals surface area contributed by atoms with E-state index in [0.717, 1.165) is 18.0 Å². The van der Waals surface area contributed by atoms with E-state index < -0.39 is 0 Å². The molecule has 0 saturated heterocycles. The van der Waals surface area contributed by atoms with Crippen LogP contribution in [0.4, 0.5) is 5.69 Å². The van der Waals surface area contributed by atoms with Crippen molar-refractivity contribution < 1.29 is 4.74 Å². The Morgan fingerprint density at radius 2 is 1.75 bits per heavy atom. The first kappa shape index (κ1) is 20.2. The van der Waals surface area contributed by atoms with Crippen molar-refractivity contribution in [3.05, 3.63) is 59.7 Å². The van der Waals surface area contributed by atoms with Crippen LogP contribution in [0.5, 0.6) is 5.75 Å². The summed E-state index contributed by atoms with van der Waals surface area (Å²) in [6, 6.07) is 16.9. The maximum absolute atomic E-state index is 6.09. The van der Waals surface area contributed by atoms with E-state index in [0.29, 0.717) is 18.5 Å². The second-order valence-corrected chi connectivity index (χ2v) is 7.53. The van der Waals surface area contributed by atoms with Crippen molar-refractivity contribution in [1.29, 1.82) is 0 Å². The topological polar surface area (TPSA) is 62.9 Å². The number of anilines is 1. The lowest BCUT2D eigenvalue weighted by molar-refractivity contribution is 0.184. The molecule has 28 heavy (non-hydrogen) atoms. The Balaban J connectivity index is 1.60. The lowest BCUT2D eigenvalue weighted by Gasteiger charge is -2.31. The van der Waals surface area contributed by atoms with Gasteiger partial charge in [0.15, 0.2) is 5.96 Å². The predicted molar refractivity (Wildman–Crippen MR) is 117 cm³/mol. The molecular weight excluding hydrogens is 348 g/mol. The molecule has 3 rings (SSSR count). The van der Waals surface area contributed by atoms with E-state index in [-0.39, 0.29) is 0 Å². The fourth-order valence-corrected chi connectivity index (χ4v) is 3.82. The van der Waals surface area contributed by atoms with Crippen LogP contribution in [0.2, 0.25) is 0 Å². The standard InChI is InChI=1S/C23H32N4O/c1-27(21-10-4-3-5-11-21)17-19-9-7-6-8-18(19)16-25-23(24)26-20-12-14-22(28-2)15-13-20/h6-9,12-15,21H,3-5,10-11,16-17H2,1-2H3,(H3,24,25,26). The first-order valence-corrected chi connectivity index (χ1v) is 10.1. The first-order chi connectivity index (χ1) is 13.7. The summed E-state index contributed by atoms with van der Waals surface area (Å²) in [5.41, 5.74) is 9.54. The highest BCUT2D eigenvalue weighted by atomic mass is 16.5. The monoisotopic (exact) mass is 380 g/mol. The number of aliphatic imine (C=N–C) groups is 1. The fourth-order valence-electron chi connectivity index (χ4n) is 3.82. The van der Waals surface area contributed by atoms with E-state index in [9.17, 15) is 0 Å². The maximum atomic E-state index is 6.09. The Labute approximate surface area is 168 Å². The molecule has 1 saturated carbocycles. The lowest BCUT2D eigenvalue weighted by Crippen LogP contribution is -2.33. The van der Waals surface area contributed by atoms with Crippen molar-refractivity contribution in [3.8, 4) is 5.75 Å². The van der Waals surface area contributed by atoms with Gasteiger partial charge in [0.2, 0.25) is 0 Å². The molecule has 5 heteroatoms. The number of nitrogens with two attached hydrogens (primary N) is 1. The molecule has 0 spiro atoms. The van der Waals surface area contributed by atoms with Gasteiger partial charge in [-0.2, -0.15) is 0 Å². The van der Waals surface area contributed by atoms with Crippen LogP contribution >= 0.6 is 0 Å². The van der Waals surface area contributed by atoms with Gasteiger partial charge in [0.1, 0.15) is 5.75 Å². The average Bonchev–Trinajstić information content (AvgIpc) is 2.74. The van der Waals surface area contributed by atoms with Gasteiger partial charge >= 0.3 is 0 Å². The summed E-state index contributed by atoms with van der Waals surface area (Å²) in [6.07, 6.45) is 6.73. The van der Waals surface area contributed by atoms with Gasteiger partial charge in [0.05, 0.1) is 13.7 Å². The SMILES string of the molecule is COc1ccc(NC(N)=NCc2ccccc2CN(C)C2CCCCC2)cc1. The number of guanidine groups is 1. The molecule has 0 aliphatic heterocycles. The Bertz CT molecular complexity index is 766. The Kier molecular flexibility index (Phi) is 7.31. The van der Waals surface area contributed by atoms with Gasteiger partial charge in [-0.3, -0.25) is 4.90 Å². The van der Waals surface area contributed by atoms with Crippen LogP contribution in [0.1, 0.15) is 43.2 Å². The summed E-state index contributed by atoms with van der Waals surface area (Å²) in [6.45, 7) is 1.53. The van der Waals surface area contributed by atoms with E-state index in [2.05, 4.69) is 46.5 Å². The summed E-state index contributed by atoms with van der Waals surface area (Å²) in [5, 5.41) is 3.14. The third-order valence-corrected chi connectivity index (χ3v) is 5.52. The zero-order valence-electron chi connectivity index (χ0n) is 17.0. The highest BCUT2D eigenvalue weighted by Crippen LogP contribution is 2.24. The van der Waals surface area contributed by atoms with Crippen LogP contribution in [0.25, 0.3) is 0 Å². The summed E-state index contributed by atoms with van der Waals surface area (Å²) >= 11 is 0. The third kappa shape index (κ3) is 5.73. The molecular formula is C23H32N4O. The predicted octanol–water partition coefficient (Wildman–Crippen LogP) is 4.39. The van der Waals surface area contributed by atoms with Gasteiger partial charge in [0.25, 0.3) is 0 Å². The van der Waals surface area contributed by atoms with Gasteiger partial charge in [0, 0.05) is 18.3 Å². The van der Waals surface area contributed by atoms with Crippen LogP contribution in [-0.2, 0) is 13.1 Å². The highest BCUT2D eigenvalue weighted by Gasteiger charge is 2.18. The van der Waals surface area contributed by atoms with Crippen molar-refractivity contribution in [2.75, 3.05) is 19.5 Å². The number of ether oxygens (including phenoxy) is 1. The summed E-state index contributed by atoms with van der Waals surface area (Å²) in [5.74, 6) is 1.23. The normalized spacial score (nSPS) is 15.6. The zero-order valence-corrected chi connectivity index (χ0v) is 17.0. The number of nitrogens with zero attached hydrogens (tertiary/aromatic N) is 2. The second kappa shape index (κ2) is 10.1. The number of hydrogen-bond acceptors (Lipinski definition) is 3. The second-order valence-electron chi connectivity index (χ2n) is 7.53. The van der Waals surface area contributed by atoms with Crippen LogP contribution < -0.4 is 15.8 Å². The van der Waals surface area contributed by atoms with Crippen LogP contribution in [0, 0.1) is 0 Å². The van der Waals surface area contributed by atoms with Crippen LogP contribution in [0.3, 0.4) is 0 Å². The third-order valence-electron chi connectivity index (χ3n) is 5.52. The smallest absolute Gasteiger partial charge is 0.193 e. The van der Waals surface area contributed by atoms with E-state index >= 15 is 0 Å². The molecule has 1 aliphatic carbocycles. The molecule has 0 aromatic heterocycles. The van der Waals surface area contributed by atoms with Crippen molar-refractivity contribution in [2.45, 2.75) is 51.2 Å². The van der Waals surface area contributed by atoms with E-state index in [1.54, 1.807) is 7.11 Å². The molecule has 2 aromatic rings. The highest BCUT2D eigenvalue weighted by molar-refractivity contribution is 5.92. The molecule has 1 aliphatic rings. The minimum Gasteiger partial charge on any atom is -0.497 e. The Morgan fingerprint density at radius 1 is 1.07 bits per heavy atom. The molecule has 5 nitrogen and oxygen atoms in total. The number of rotatable bonds is 7. The summed E-state index contributed by atoms with van der Waals surface area (Å²) in [4.78, 5) is 7.05. The van der Waals surface area contributed by atoms with Crippen LogP contribution in [0.15, 0.2) is 53.5 Å². The quantitative estimate of drug-likeness (QED) is 0.552. The number of hydrogen-bond donors (Lipinski definition) is 2. The Morgan fingerprint density at radius 3 is 2.43 bits per heavy atom. The summed E-state index contributed by atoms with van der Waals surface area (Å²) in [7, 11) is 3.90. The number of methoxy groups -OCH3 is 1. The van der Waals surface area contributed by atoms with Crippen molar-refractivity contribution in [2.24, 2.45) is 10.7 Å². The van der Waals surface area contributed by atoms with Crippen LogP contribution in [-0.4, -0.2) is 31.1 Å². The molecule has 0 heterocycles. The largest absolute Gasteiger partial charge is 0.497 e. The van der Waals surface area contributed by atoms with E-state index in [1.165, 1.54) is 43.2 Å². The van der Waals surface area contributed by atoms with Gasteiger partial charge < -0.3 is 15.8 Å². The molecule has 150 valence electrons. The molecule has 1 fully saturated rings. The molecule has 0 unspecified atom stereocenters. The molecule has 0 atom stereocenters. The summed E-state index contributed by atoms with van der Waals surface area (Å²) < 4.78 is 5.17. The first-order valence-electron chi connectivity index (χ1n) is 10.1. The van der Waals surface area contributed by atoms with Gasteiger partial charge in [-0.05, 0) is 55.3 Å². The molecule has 0 radical (unpaired) electrons. The van der Waals surface area contributed by atoms with Crippen molar-refractivity contribution in [1.82, 2.24) is 4.90 Å². The average molecular weight is 381 g/mol. The molecule has 0 bridgehead atoms. The minimum atomic E-state index is 0.417. The van der Waals surface area contributed by atoms with Crippen molar-refractivity contribution >= 4 is 11.6 Å². The maximum Gasteiger partial charge on any atom is 0.193 e. The zero-order chi connectivity index (χ0) is 19.8. The lowest BCUT2D eigenvalue weighted by atomic mass is 9.94. The van der Waals surface area contributed by atoms with E-state index in [1.807, 2.05) is 24.3 Å². The molecule has 0 amide bonds. The van der Waals surface area contributed by atoms with Gasteiger partial charge in [-0.1, -0.05) is 43.5 Å². The minimum absolute atomic E-state index is 0.417. The number of nitrogens with one attached hydrogen (secondary N) is 1. The number of benzene rings is 2. The molecule has 2 aromatic carbocycles. The molecule has 3 N–H and O–H groups in total. The van der Waals surface area contributed by atoms with E-state index in [4.69, 9.17) is 10.5 Å². The Hall–Kier alpha value is -2.53. The van der Waals surface area contributed by atoms with Gasteiger partial charge in [-0.15, -0.1) is 0 Å². The fraction of sp³-hybridized carbons (Fsp3) is 0.435.